The van der Waals surface area contributed by atoms with Gasteiger partial charge in [-0.25, -0.2) is 4.79 Å². The fraction of sp³-hybridized carbons (Fsp3) is 0.846. The summed E-state index contributed by atoms with van der Waals surface area (Å²) in [5, 5.41) is 11.6. The van der Waals surface area contributed by atoms with E-state index in [9.17, 15) is 9.59 Å². The minimum Gasteiger partial charge on any atom is -0.480 e. The maximum Gasteiger partial charge on any atom is 0.326 e. The van der Waals surface area contributed by atoms with Crippen molar-refractivity contribution in [1.82, 2.24) is 5.32 Å². The standard InChI is InChI=1S/C13H25NO4/c1-6-18-9(2)11(15)14-10(12(16)17)7-8-13(3,4)5/h9-10H,6-8H2,1-5H3,(H,14,15)(H,16,17). The van der Waals surface area contributed by atoms with Crippen molar-refractivity contribution in [2.24, 2.45) is 5.41 Å². The van der Waals surface area contributed by atoms with E-state index in [4.69, 9.17) is 9.84 Å². The normalized spacial score (nSPS) is 14.9. The number of ether oxygens (including phenoxy) is 1. The smallest absolute Gasteiger partial charge is 0.326 e. The lowest BCUT2D eigenvalue weighted by Gasteiger charge is -2.22. The van der Waals surface area contributed by atoms with Crippen molar-refractivity contribution < 1.29 is 19.4 Å². The van der Waals surface area contributed by atoms with Crippen LogP contribution in [-0.2, 0) is 14.3 Å². The summed E-state index contributed by atoms with van der Waals surface area (Å²) in [7, 11) is 0. The highest BCUT2D eigenvalue weighted by Gasteiger charge is 2.24. The van der Waals surface area contributed by atoms with Crippen LogP contribution < -0.4 is 5.32 Å². The molecule has 0 fully saturated rings. The Kier molecular flexibility index (Phi) is 6.91. The maximum absolute atomic E-state index is 11.7. The van der Waals surface area contributed by atoms with E-state index in [0.717, 1.165) is 6.42 Å². The van der Waals surface area contributed by atoms with Crippen LogP contribution in [0.4, 0.5) is 0 Å². The number of carboxylic acid groups (broad SMARTS) is 1. The minimum absolute atomic E-state index is 0.0456. The van der Waals surface area contributed by atoms with Crippen LogP contribution in [-0.4, -0.2) is 35.7 Å². The van der Waals surface area contributed by atoms with E-state index in [1.54, 1.807) is 13.8 Å². The molecule has 18 heavy (non-hydrogen) atoms. The Labute approximate surface area is 109 Å². The summed E-state index contributed by atoms with van der Waals surface area (Å²) in [4.78, 5) is 22.7. The molecule has 0 spiro atoms. The van der Waals surface area contributed by atoms with Crippen LogP contribution in [0.3, 0.4) is 0 Å². The first kappa shape index (κ1) is 16.9. The molecule has 0 aromatic carbocycles. The van der Waals surface area contributed by atoms with Crippen molar-refractivity contribution in [3.05, 3.63) is 0 Å². The number of carbonyl (C=O) groups excluding carboxylic acids is 1. The zero-order valence-corrected chi connectivity index (χ0v) is 11.9. The molecule has 2 atom stereocenters. The van der Waals surface area contributed by atoms with Crippen LogP contribution in [0.1, 0.15) is 47.5 Å². The van der Waals surface area contributed by atoms with Crippen molar-refractivity contribution in [2.45, 2.75) is 59.6 Å². The molecule has 0 saturated carbocycles. The number of hydrogen-bond donors (Lipinski definition) is 2. The van der Waals surface area contributed by atoms with Crippen LogP contribution in [0.15, 0.2) is 0 Å². The number of amides is 1. The third-order valence-electron chi connectivity index (χ3n) is 2.58. The molecule has 0 bridgehead atoms. The lowest BCUT2D eigenvalue weighted by molar-refractivity contribution is -0.144. The molecule has 2 N–H and O–H groups in total. The van der Waals surface area contributed by atoms with E-state index in [-0.39, 0.29) is 11.3 Å². The first-order chi connectivity index (χ1) is 8.17. The average Bonchev–Trinajstić information content (AvgIpc) is 2.22. The number of hydrogen-bond acceptors (Lipinski definition) is 3. The molecule has 0 aliphatic rings. The van der Waals surface area contributed by atoms with Gasteiger partial charge in [0.2, 0.25) is 5.91 Å². The maximum atomic E-state index is 11.7. The fourth-order valence-corrected chi connectivity index (χ4v) is 1.45. The minimum atomic E-state index is -1.00. The van der Waals surface area contributed by atoms with E-state index >= 15 is 0 Å². The van der Waals surface area contributed by atoms with Gasteiger partial charge in [-0.2, -0.15) is 0 Å². The summed E-state index contributed by atoms with van der Waals surface area (Å²) in [6.07, 6.45) is 0.530. The van der Waals surface area contributed by atoms with Gasteiger partial charge in [-0.3, -0.25) is 4.79 Å². The molecule has 0 aliphatic heterocycles. The quantitative estimate of drug-likeness (QED) is 0.731. The van der Waals surface area contributed by atoms with Crippen molar-refractivity contribution in [1.29, 1.82) is 0 Å². The molecule has 5 nitrogen and oxygen atoms in total. The molecule has 0 aromatic rings. The lowest BCUT2D eigenvalue weighted by atomic mass is 9.88. The summed E-state index contributed by atoms with van der Waals surface area (Å²) >= 11 is 0. The molecule has 5 heteroatoms. The predicted molar refractivity (Wildman–Crippen MR) is 69.3 cm³/mol. The van der Waals surface area contributed by atoms with E-state index in [1.807, 2.05) is 20.8 Å². The summed E-state index contributed by atoms with van der Waals surface area (Å²) in [6, 6.07) is -0.848. The SMILES string of the molecule is CCOC(C)C(=O)NC(CCC(C)(C)C)C(=O)O. The van der Waals surface area contributed by atoms with Gasteiger partial charge in [0.25, 0.3) is 0 Å². The first-order valence-corrected chi connectivity index (χ1v) is 6.32. The highest BCUT2D eigenvalue weighted by Crippen LogP contribution is 2.21. The molecule has 0 heterocycles. The summed E-state index contributed by atoms with van der Waals surface area (Å²) in [5.41, 5.74) is 0.0456. The monoisotopic (exact) mass is 259 g/mol. The van der Waals surface area contributed by atoms with Gasteiger partial charge in [0.1, 0.15) is 12.1 Å². The first-order valence-electron chi connectivity index (χ1n) is 6.32. The molecule has 106 valence electrons. The van der Waals surface area contributed by atoms with Crippen molar-refractivity contribution in [2.75, 3.05) is 6.61 Å². The van der Waals surface area contributed by atoms with E-state index in [1.165, 1.54) is 0 Å². The Bertz CT molecular complexity index is 283. The summed E-state index contributed by atoms with van der Waals surface area (Å²) < 4.78 is 5.12. The second kappa shape index (κ2) is 7.36. The Morgan fingerprint density at radius 1 is 1.33 bits per heavy atom. The highest BCUT2D eigenvalue weighted by atomic mass is 16.5. The number of rotatable bonds is 7. The number of aliphatic carboxylic acids is 1. The van der Waals surface area contributed by atoms with Gasteiger partial charge in [0, 0.05) is 6.61 Å². The van der Waals surface area contributed by atoms with Gasteiger partial charge < -0.3 is 15.2 Å². The van der Waals surface area contributed by atoms with E-state index in [0.29, 0.717) is 13.0 Å². The largest absolute Gasteiger partial charge is 0.480 e. The molecule has 0 saturated heterocycles. The second-order valence-corrected chi connectivity index (χ2v) is 5.60. The van der Waals surface area contributed by atoms with Crippen LogP contribution in [0, 0.1) is 5.41 Å². The number of nitrogens with one attached hydrogen (secondary N) is 1. The van der Waals surface area contributed by atoms with Crippen molar-refractivity contribution >= 4 is 11.9 Å². The van der Waals surface area contributed by atoms with Crippen molar-refractivity contribution in [3.63, 3.8) is 0 Å². The van der Waals surface area contributed by atoms with Gasteiger partial charge in [-0.15, -0.1) is 0 Å². The third kappa shape index (κ3) is 7.27. The molecule has 0 radical (unpaired) electrons. The Balaban J connectivity index is 4.36. The van der Waals surface area contributed by atoms with Gasteiger partial charge in [0.05, 0.1) is 0 Å². The summed E-state index contributed by atoms with van der Waals surface area (Å²) in [5.74, 6) is -1.38. The van der Waals surface area contributed by atoms with Crippen LogP contribution in [0.5, 0.6) is 0 Å². The van der Waals surface area contributed by atoms with E-state index in [2.05, 4.69) is 5.32 Å². The Hall–Kier alpha value is -1.10. The zero-order valence-electron chi connectivity index (χ0n) is 11.9. The van der Waals surface area contributed by atoms with Crippen LogP contribution in [0.2, 0.25) is 0 Å². The van der Waals surface area contributed by atoms with Gasteiger partial charge in [-0.05, 0) is 32.1 Å². The van der Waals surface area contributed by atoms with Crippen LogP contribution in [0.25, 0.3) is 0 Å². The molecule has 0 rings (SSSR count). The van der Waals surface area contributed by atoms with Gasteiger partial charge in [0.15, 0.2) is 0 Å². The second-order valence-electron chi connectivity index (χ2n) is 5.60. The van der Waals surface area contributed by atoms with Crippen LogP contribution >= 0.6 is 0 Å². The zero-order chi connectivity index (χ0) is 14.3. The summed E-state index contributed by atoms with van der Waals surface area (Å²) in [6.45, 7) is 9.94. The lowest BCUT2D eigenvalue weighted by Crippen LogP contribution is -2.45. The number of carboxylic acids is 1. The van der Waals surface area contributed by atoms with Crippen molar-refractivity contribution in [3.8, 4) is 0 Å². The van der Waals surface area contributed by atoms with Gasteiger partial charge in [-0.1, -0.05) is 20.8 Å². The molecule has 0 aromatic heterocycles. The number of carbonyl (C=O) groups is 2. The molecule has 0 aliphatic carbocycles. The topological polar surface area (TPSA) is 75.6 Å². The van der Waals surface area contributed by atoms with Gasteiger partial charge >= 0.3 is 5.97 Å². The molecule has 2 unspecified atom stereocenters. The fourth-order valence-electron chi connectivity index (χ4n) is 1.45. The predicted octanol–water partition coefficient (Wildman–Crippen LogP) is 1.81. The highest BCUT2D eigenvalue weighted by molar-refractivity contribution is 5.86. The molecular formula is C13H25NO4. The molecular weight excluding hydrogens is 234 g/mol. The third-order valence-corrected chi connectivity index (χ3v) is 2.58. The average molecular weight is 259 g/mol. The Morgan fingerprint density at radius 3 is 2.28 bits per heavy atom. The Morgan fingerprint density at radius 2 is 1.89 bits per heavy atom. The van der Waals surface area contributed by atoms with E-state index < -0.39 is 18.1 Å². The molecule has 1 amide bonds.